The third kappa shape index (κ3) is 5.08. The molecule has 2 aromatic rings. The Morgan fingerprint density at radius 2 is 1.96 bits per heavy atom. The topological polar surface area (TPSA) is 81.2 Å². The van der Waals surface area contributed by atoms with Crippen LogP contribution in [0.5, 0.6) is 0 Å². The molecule has 1 aromatic carbocycles. The first kappa shape index (κ1) is 19.2. The first-order valence-corrected chi connectivity index (χ1v) is 7.69. The first-order valence-electron chi connectivity index (χ1n) is 7.69. The number of nitrogens with one attached hydrogen (secondary N) is 1. The molecule has 0 fully saturated rings. The molecule has 6 heteroatoms. The van der Waals surface area contributed by atoms with E-state index in [2.05, 4.69) is 10.5 Å². The molecule has 0 aliphatic heterocycles. The molecule has 126 valence electrons. The summed E-state index contributed by atoms with van der Waals surface area (Å²) in [5.74, 6) is 0.770. The summed E-state index contributed by atoms with van der Waals surface area (Å²) in [7, 11) is 0. The summed E-state index contributed by atoms with van der Waals surface area (Å²) < 4.78 is 5.29. The maximum atomic E-state index is 12.1. The van der Waals surface area contributed by atoms with Crippen LogP contribution in [0.4, 0.5) is 0 Å². The summed E-state index contributed by atoms with van der Waals surface area (Å²) in [6.07, 6.45) is 1.82. The Labute approximate surface area is 143 Å². The zero-order valence-corrected chi connectivity index (χ0v) is 14.4. The van der Waals surface area contributed by atoms with E-state index < -0.39 is 0 Å². The van der Waals surface area contributed by atoms with Gasteiger partial charge in [-0.15, -0.1) is 12.4 Å². The fourth-order valence-electron chi connectivity index (χ4n) is 2.41. The number of nitrogens with two attached hydrogens (primary N) is 1. The number of aryl methyl sites for hydroxylation is 2. The minimum atomic E-state index is -0.292. The third-order valence-electron chi connectivity index (χ3n) is 3.70. The molecule has 0 spiro atoms. The lowest BCUT2D eigenvalue weighted by Crippen LogP contribution is -2.27. The second kappa shape index (κ2) is 9.33. The van der Waals surface area contributed by atoms with E-state index in [0.717, 1.165) is 35.4 Å². The van der Waals surface area contributed by atoms with E-state index in [9.17, 15) is 4.79 Å². The van der Waals surface area contributed by atoms with Crippen LogP contribution in [0.1, 0.15) is 48.9 Å². The quantitative estimate of drug-likeness (QED) is 0.814. The maximum absolute atomic E-state index is 12.1. The normalized spacial score (nSPS) is 11.6. The summed E-state index contributed by atoms with van der Waals surface area (Å²) in [5.41, 5.74) is 8.93. The number of amides is 1. The molecule has 3 N–H and O–H groups in total. The monoisotopic (exact) mass is 337 g/mol. The highest BCUT2D eigenvalue weighted by molar-refractivity contribution is 5.85. The van der Waals surface area contributed by atoms with E-state index in [-0.39, 0.29) is 30.8 Å². The number of carbonyl (C=O) groups excluding carboxylic acids is 1. The highest BCUT2D eigenvalue weighted by Crippen LogP contribution is 2.16. The fraction of sp³-hybridized carbons (Fsp3) is 0.412. The summed E-state index contributed by atoms with van der Waals surface area (Å²) in [5, 5.41) is 6.96. The lowest BCUT2D eigenvalue weighted by molar-refractivity contribution is -0.121. The van der Waals surface area contributed by atoms with Gasteiger partial charge in [-0.2, -0.15) is 0 Å². The van der Waals surface area contributed by atoms with Gasteiger partial charge in [0.15, 0.2) is 0 Å². The molecule has 23 heavy (non-hydrogen) atoms. The number of aromatic nitrogens is 1. The average Bonchev–Trinajstić information content (AvgIpc) is 2.95. The standard InChI is InChI=1S/C17H23N3O2.ClH/c1-3-15-13(16(4-2)22-20-15)11-19-17(21)10-14(18)12-8-6-5-7-9-12;/h5-9,14H,3-4,10-11,18H2,1-2H3,(H,19,21);1H. The Bertz CT molecular complexity index is 592. The average molecular weight is 338 g/mol. The predicted octanol–water partition coefficient (Wildman–Crippen LogP) is 2.93. The molecule has 5 nitrogen and oxygen atoms in total. The molecule has 1 amide bonds. The fourth-order valence-corrected chi connectivity index (χ4v) is 2.41. The number of halogens is 1. The van der Waals surface area contributed by atoms with E-state index in [4.69, 9.17) is 10.3 Å². The van der Waals surface area contributed by atoms with Crippen LogP contribution in [0.3, 0.4) is 0 Å². The molecule has 1 aromatic heterocycles. The Kier molecular flexibility index (Phi) is 7.78. The summed E-state index contributed by atoms with van der Waals surface area (Å²) in [6.45, 7) is 4.47. The van der Waals surface area contributed by atoms with Crippen molar-refractivity contribution in [2.75, 3.05) is 0 Å². The highest BCUT2D eigenvalue weighted by Gasteiger charge is 2.16. The molecule has 0 saturated heterocycles. The Hall–Kier alpha value is -1.85. The molecule has 0 aliphatic carbocycles. The van der Waals surface area contributed by atoms with Crippen molar-refractivity contribution < 1.29 is 9.32 Å². The maximum Gasteiger partial charge on any atom is 0.222 e. The minimum absolute atomic E-state index is 0. The number of benzene rings is 1. The van der Waals surface area contributed by atoms with Crippen molar-refractivity contribution in [3.63, 3.8) is 0 Å². The van der Waals surface area contributed by atoms with Crippen LogP contribution in [0, 0.1) is 0 Å². The van der Waals surface area contributed by atoms with E-state index in [1.54, 1.807) is 0 Å². The van der Waals surface area contributed by atoms with Gasteiger partial charge in [-0.1, -0.05) is 49.3 Å². The number of hydrogen-bond donors (Lipinski definition) is 2. The van der Waals surface area contributed by atoms with Gasteiger partial charge in [-0.3, -0.25) is 4.79 Å². The SMILES string of the molecule is CCc1noc(CC)c1CNC(=O)CC(N)c1ccccc1.Cl. The van der Waals surface area contributed by atoms with Crippen molar-refractivity contribution in [3.8, 4) is 0 Å². The van der Waals surface area contributed by atoms with Gasteiger partial charge in [0, 0.05) is 31.0 Å². The molecular weight excluding hydrogens is 314 g/mol. The van der Waals surface area contributed by atoms with Crippen LogP contribution in [-0.2, 0) is 24.2 Å². The summed E-state index contributed by atoms with van der Waals surface area (Å²) in [6, 6.07) is 9.35. The molecule has 2 rings (SSSR count). The molecular formula is C17H24ClN3O2. The number of hydrogen-bond acceptors (Lipinski definition) is 4. The lowest BCUT2D eigenvalue weighted by atomic mass is 10.0. The molecule has 1 unspecified atom stereocenters. The van der Waals surface area contributed by atoms with Gasteiger partial charge in [-0.05, 0) is 12.0 Å². The van der Waals surface area contributed by atoms with Crippen molar-refractivity contribution in [1.29, 1.82) is 0 Å². The second-order valence-corrected chi connectivity index (χ2v) is 5.24. The molecule has 0 bridgehead atoms. The zero-order chi connectivity index (χ0) is 15.9. The molecule has 0 saturated carbocycles. The van der Waals surface area contributed by atoms with E-state index in [0.29, 0.717) is 6.54 Å². The molecule has 0 radical (unpaired) electrons. The second-order valence-electron chi connectivity index (χ2n) is 5.24. The van der Waals surface area contributed by atoms with E-state index >= 15 is 0 Å². The van der Waals surface area contributed by atoms with Crippen molar-refractivity contribution >= 4 is 18.3 Å². The Balaban J connectivity index is 0.00000264. The van der Waals surface area contributed by atoms with Crippen LogP contribution in [0.2, 0.25) is 0 Å². The largest absolute Gasteiger partial charge is 0.361 e. The van der Waals surface area contributed by atoms with Gasteiger partial charge in [0.2, 0.25) is 5.91 Å². The van der Waals surface area contributed by atoms with Gasteiger partial charge >= 0.3 is 0 Å². The third-order valence-corrected chi connectivity index (χ3v) is 3.70. The number of carbonyl (C=O) groups is 1. The van der Waals surface area contributed by atoms with Crippen LogP contribution in [-0.4, -0.2) is 11.1 Å². The zero-order valence-electron chi connectivity index (χ0n) is 13.5. The predicted molar refractivity (Wildman–Crippen MR) is 92.3 cm³/mol. The van der Waals surface area contributed by atoms with Crippen molar-refractivity contribution in [1.82, 2.24) is 10.5 Å². The highest BCUT2D eigenvalue weighted by atomic mass is 35.5. The van der Waals surface area contributed by atoms with Crippen molar-refractivity contribution in [2.45, 2.75) is 45.7 Å². The van der Waals surface area contributed by atoms with Crippen molar-refractivity contribution in [3.05, 3.63) is 52.9 Å². The van der Waals surface area contributed by atoms with Gasteiger partial charge in [0.25, 0.3) is 0 Å². The first-order chi connectivity index (χ1) is 10.7. The van der Waals surface area contributed by atoms with Crippen LogP contribution >= 0.6 is 12.4 Å². The van der Waals surface area contributed by atoms with Gasteiger partial charge in [-0.25, -0.2) is 0 Å². The van der Waals surface area contributed by atoms with Crippen LogP contribution in [0.25, 0.3) is 0 Å². The smallest absolute Gasteiger partial charge is 0.222 e. The van der Waals surface area contributed by atoms with E-state index in [1.165, 1.54) is 0 Å². The Morgan fingerprint density at radius 1 is 1.26 bits per heavy atom. The minimum Gasteiger partial charge on any atom is -0.361 e. The van der Waals surface area contributed by atoms with E-state index in [1.807, 2.05) is 44.2 Å². The molecule has 1 heterocycles. The number of rotatable bonds is 7. The van der Waals surface area contributed by atoms with Gasteiger partial charge < -0.3 is 15.6 Å². The molecule has 1 atom stereocenters. The van der Waals surface area contributed by atoms with Crippen LogP contribution in [0.15, 0.2) is 34.9 Å². The lowest BCUT2D eigenvalue weighted by Gasteiger charge is -2.12. The Morgan fingerprint density at radius 3 is 2.57 bits per heavy atom. The van der Waals surface area contributed by atoms with Gasteiger partial charge in [0.05, 0.1) is 5.69 Å². The summed E-state index contributed by atoms with van der Waals surface area (Å²) in [4.78, 5) is 12.1. The van der Waals surface area contributed by atoms with Gasteiger partial charge in [0.1, 0.15) is 5.76 Å². The van der Waals surface area contributed by atoms with Crippen molar-refractivity contribution in [2.24, 2.45) is 5.73 Å². The molecule has 0 aliphatic rings. The number of nitrogens with zero attached hydrogens (tertiary/aromatic N) is 1. The van der Waals surface area contributed by atoms with Crippen LogP contribution < -0.4 is 11.1 Å². The summed E-state index contributed by atoms with van der Waals surface area (Å²) >= 11 is 0.